The normalized spacial score (nSPS) is 14.8. The molecule has 1 heterocycles. The fourth-order valence-electron chi connectivity index (χ4n) is 4.45. The van der Waals surface area contributed by atoms with E-state index >= 15 is 0 Å². The van der Waals surface area contributed by atoms with E-state index in [1.807, 2.05) is 29.0 Å². The van der Waals surface area contributed by atoms with Crippen molar-refractivity contribution in [2.75, 3.05) is 6.61 Å². The Balaban J connectivity index is 1.46. The van der Waals surface area contributed by atoms with Crippen LogP contribution < -0.4 is 4.74 Å². The molecular weight excluding hydrogens is 419 g/mol. The number of nitrogens with zero attached hydrogens (tertiary/aromatic N) is 1. The monoisotopic (exact) mass is 445 g/mol. The Kier molecular flexibility index (Phi) is 6.44. The fourth-order valence-corrected chi connectivity index (χ4v) is 4.45. The summed E-state index contributed by atoms with van der Waals surface area (Å²) in [5.41, 5.74) is 1.34. The van der Waals surface area contributed by atoms with Crippen LogP contribution in [0.4, 0.5) is 13.2 Å². The highest BCUT2D eigenvalue weighted by Gasteiger charge is 2.36. The van der Waals surface area contributed by atoms with Gasteiger partial charge in [0.25, 0.3) is 0 Å². The van der Waals surface area contributed by atoms with E-state index in [1.54, 1.807) is 18.2 Å². The van der Waals surface area contributed by atoms with Crippen molar-refractivity contribution < 1.29 is 27.4 Å². The summed E-state index contributed by atoms with van der Waals surface area (Å²) in [7, 11) is 0. The summed E-state index contributed by atoms with van der Waals surface area (Å²) >= 11 is 0. The predicted molar refractivity (Wildman–Crippen MR) is 116 cm³/mol. The number of hydrogen-bond acceptors (Lipinski definition) is 3. The Morgan fingerprint density at radius 2 is 1.88 bits per heavy atom. The highest BCUT2D eigenvalue weighted by molar-refractivity contribution is 5.81. The van der Waals surface area contributed by atoms with Crippen LogP contribution in [0.3, 0.4) is 0 Å². The molecule has 4 nitrogen and oxygen atoms in total. The third-order valence-corrected chi connectivity index (χ3v) is 6.00. The number of rotatable bonds is 7. The molecule has 0 N–H and O–H groups in total. The minimum Gasteiger partial charge on any atom is -0.489 e. The first-order chi connectivity index (χ1) is 15.3. The fraction of sp³-hybridized carbons (Fsp3) is 0.400. The molecule has 0 radical (unpaired) electrons. The summed E-state index contributed by atoms with van der Waals surface area (Å²) in [6.07, 6.45) is 1.14. The number of halogens is 3. The lowest BCUT2D eigenvalue weighted by molar-refractivity contribution is -0.141. The summed E-state index contributed by atoms with van der Waals surface area (Å²) in [5, 5.41) is 0.942. The van der Waals surface area contributed by atoms with Gasteiger partial charge in [0, 0.05) is 24.0 Å². The van der Waals surface area contributed by atoms with E-state index in [2.05, 4.69) is 0 Å². The molecule has 32 heavy (non-hydrogen) atoms. The molecule has 0 unspecified atom stereocenters. The molecule has 1 aromatic heterocycles. The van der Waals surface area contributed by atoms with Crippen molar-refractivity contribution in [3.05, 3.63) is 65.4 Å². The number of carbonyl (C=O) groups is 1. The largest absolute Gasteiger partial charge is 0.489 e. The van der Waals surface area contributed by atoms with E-state index in [4.69, 9.17) is 9.47 Å². The van der Waals surface area contributed by atoms with Crippen LogP contribution >= 0.6 is 0 Å². The van der Waals surface area contributed by atoms with Gasteiger partial charge in [-0.15, -0.1) is 0 Å². The van der Waals surface area contributed by atoms with E-state index in [9.17, 15) is 18.0 Å². The van der Waals surface area contributed by atoms with Gasteiger partial charge in [0.05, 0.1) is 12.1 Å². The smallest absolute Gasteiger partial charge is 0.416 e. The zero-order chi connectivity index (χ0) is 22.7. The second kappa shape index (κ2) is 9.27. The Morgan fingerprint density at radius 1 is 1.09 bits per heavy atom. The molecule has 2 aromatic carbocycles. The standard InChI is InChI=1S/C25H26F3NO3/c1-17(30)31-13-12-29-11-10-20-15-21(7-9-24(20)29)32-16-18-6-8-22(19-4-2-3-5-19)23(14-18)25(26,27)28/h6-11,14-15,19H,2-5,12-13,16H2,1H3. The number of benzene rings is 2. The van der Waals surface area contributed by atoms with Crippen LogP contribution in [-0.2, 0) is 28.9 Å². The van der Waals surface area contributed by atoms with Crippen molar-refractivity contribution in [2.24, 2.45) is 0 Å². The molecule has 7 heteroatoms. The highest BCUT2D eigenvalue weighted by Crippen LogP contribution is 2.42. The molecule has 0 saturated heterocycles. The molecule has 1 fully saturated rings. The molecule has 0 amide bonds. The average molecular weight is 445 g/mol. The number of fused-ring (bicyclic) bond motifs is 1. The molecule has 3 aromatic rings. The SMILES string of the molecule is CC(=O)OCCn1ccc2cc(OCc3ccc(C4CCCC4)c(C(F)(F)F)c3)ccc21. The predicted octanol–water partition coefficient (Wildman–Crippen LogP) is 6.46. The van der Waals surface area contributed by atoms with E-state index in [0.29, 0.717) is 23.4 Å². The molecule has 4 rings (SSSR count). The number of alkyl halides is 3. The third kappa shape index (κ3) is 5.09. The van der Waals surface area contributed by atoms with Crippen molar-refractivity contribution >= 4 is 16.9 Å². The Bertz CT molecular complexity index is 1100. The van der Waals surface area contributed by atoms with E-state index in [1.165, 1.54) is 13.0 Å². The van der Waals surface area contributed by atoms with Gasteiger partial charge in [-0.1, -0.05) is 25.0 Å². The maximum absolute atomic E-state index is 13.7. The minimum absolute atomic E-state index is 0.00566. The lowest BCUT2D eigenvalue weighted by Crippen LogP contribution is -2.12. The van der Waals surface area contributed by atoms with Crippen LogP contribution in [0.2, 0.25) is 0 Å². The Hall–Kier alpha value is -2.96. The van der Waals surface area contributed by atoms with Crippen molar-refractivity contribution in [2.45, 2.75) is 57.9 Å². The molecule has 1 aliphatic rings. The summed E-state index contributed by atoms with van der Waals surface area (Å²) in [4.78, 5) is 10.9. The number of aromatic nitrogens is 1. The maximum atomic E-state index is 13.7. The van der Waals surface area contributed by atoms with Crippen molar-refractivity contribution in [3.63, 3.8) is 0 Å². The average Bonchev–Trinajstić information content (AvgIpc) is 3.41. The first kappa shape index (κ1) is 22.2. The van der Waals surface area contributed by atoms with Gasteiger partial charge >= 0.3 is 12.1 Å². The number of esters is 1. The maximum Gasteiger partial charge on any atom is 0.416 e. The van der Waals surface area contributed by atoms with Gasteiger partial charge in [0.15, 0.2) is 0 Å². The quantitative estimate of drug-likeness (QED) is 0.392. The van der Waals surface area contributed by atoms with E-state index < -0.39 is 11.7 Å². The lowest BCUT2D eigenvalue weighted by Gasteiger charge is -2.19. The molecular formula is C25H26F3NO3. The molecule has 170 valence electrons. The van der Waals surface area contributed by atoms with Gasteiger partial charge < -0.3 is 14.0 Å². The van der Waals surface area contributed by atoms with Crippen LogP contribution in [0.1, 0.15) is 55.2 Å². The van der Waals surface area contributed by atoms with Crippen molar-refractivity contribution in [1.82, 2.24) is 4.57 Å². The van der Waals surface area contributed by atoms with Gasteiger partial charge in [0.1, 0.15) is 19.0 Å². The molecule has 0 atom stereocenters. The lowest BCUT2D eigenvalue weighted by atomic mass is 9.91. The van der Waals surface area contributed by atoms with Gasteiger partial charge in [-0.2, -0.15) is 13.2 Å². The second-order valence-corrected chi connectivity index (χ2v) is 8.26. The van der Waals surface area contributed by atoms with E-state index in [0.717, 1.165) is 36.6 Å². The summed E-state index contributed by atoms with van der Waals surface area (Å²) in [6.45, 7) is 2.26. The molecule has 1 saturated carbocycles. The van der Waals surface area contributed by atoms with Gasteiger partial charge in [0.2, 0.25) is 0 Å². The molecule has 0 aliphatic heterocycles. The van der Waals surface area contributed by atoms with E-state index in [-0.39, 0.29) is 25.1 Å². The number of carbonyl (C=O) groups excluding carboxylic acids is 1. The number of hydrogen-bond donors (Lipinski definition) is 0. The minimum atomic E-state index is -4.37. The van der Waals surface area contributed by atoms with Gasteiger partial charge in [-0.3, -0.25) is 4.79 Å². The Morgan fingerprint density at radius 3 is 2.59 bits per heavy atom. The summed E-state index contributed by atoms with van der Waals surface area (Å²) in [5.74, 6) is 0.264. The first-order valence-electron chi connectivity index (χ1n) is 10.9. The van der Waals surface area contributed by atoms with Crippen LogP contribution in [-0.4, -0.2) is 17.1 Å². The van der Waals surface area contributed by atoms with Crippen molar-refractivity contribution in [1.29, 1.82) is 0 Å². The van der Waals surface area contributed by atoms with Gasteiger partial charge in [-0.05, 0) is 60.2 Å². The van der Waals surface area contributed by atoms with Crippen LogP contribution in [0.25, 0.3) is 10.9 Å². The summed E-state index contributed by atoms with van der Waals surface area (Å²) in [6, 6.07) is 12.1. The van der Waals surface area contributed by atoms with Crippen LogP contribution in [0.15, 0.2) is 48.7 Å². The zero-order valence-electron chi connectivity index (χ0n) is 18.0. The van der Waals surface area contributed by atoms with Gasteiger partial charge in [-0.25, -0.2) is 0 Å². The van der Waals surface area contributed by atoms with Crippen LogP contribution in [0.5, 0.6) is 5.75 Å². The molecule has 0 spiro atoms. The van der Waals surface area contributed by atoms with Crippen LogP contribution in [0, 0.1) is 0 Å². The summed E-state index contributed by atoms with van der Waals surface area (Å²) < 4.78 is 53.8. The third-order valence-electron chi connectivity index (χ3n) is 6.00. The topological polar surface area (TPSA) is 40.5 Å². The molecule has 1 aliphatic carbocycles. The first-order valence-corrected chi connectivity index (χ1v) is 10.9. The zero-order valence-corrected chi connectivity index (χ0v) is 18.0. The van der Waals surface area contributed by atoms with Crippen molar-refractivity contribution in [3.8, 4) is 5.75 Å². The molecule has 0 bridgehead atoms. The number of ether oxygens (including phenoxy) is 2. The second-order valence-electron chi connectivity index (χ2n) is 8.26. The highest BCUT2D eigenvalue weighted by atomic mass is 19.4. The Labute approximate surface area is 184 Å².